The van der Waals surface area contributed by atoms with Gasteiger partial charge in [-0.3, -0.25) is 0 Å². The van der Waals surface area contributed by atoms with Gasteiger partial charge in [0.15, 0.2) is 0 Å². The maximum atomic E-state index is 10.9. The van der Waals surface area contributed by atoms with E-state index in [9.17, 15) is 4.79 Å². The molecule has 0 heterocycles. The van der Waals surface area contributed by atoms with Gasteiger partial charge in [-0.1, -0.05) is 95.2 Å². The van der Waals surface area contributed by atoms with Crippen molar-refractivity contribution < 1.29 is 9.53 Å². The second-order valence-corrected chi connectivity index (χ2v) is 5.39. The lowest BCUT2D eigenvalue weighted by molar-refractivity contribution is -0.132. The first-order chi connectivity index (χ1) is 10.8. The van der Waals surface area contributed by atoms with E-state index in [0.717, 1.165) is 12.7 Å². The van der Waals surface area contributed by atoms with Crippen molar-refractivity contribution in [1.29, 1.82) is 0 Å². The van der Waals surface area contributed by atoms with Gasteiger partial charge in [-0.15, -0.1) is 0 Å². The lowest BCUT2D eigenvalue weighted by Gasteiger charge is -2.00. The van der Waals surface area contributed by atoms with Gasteiger partial charge in [0.25, 0.3) is 0 Å². The second-order valence-electron chi connectivity index (χ2n) is 5.39. The van der Waals surface area contributed by atoms with E-state index in [4.69, 9.17) is 0 Å². The largest absolute Gasteiger partial charge is 0.432 e. The molecule has 0 saturated heterocycles. The molecule has 0 aliphatic heterocycles. The average molecular weight is 304 g/mol. The maximum absolute atomic E-state index is 10.9. The molecule has 0 aromatic heterocycles. The van der Waals surface area contributed by atoms with Gasteiger partial charge in [0.05, 0.1) is 6.26 Å². The molecule has 124 valence electrons. The van der Waals surface area contributed by atoms with Crippen LogP contribution in [0.3, 0.4) is 0 Å². The first-order valence-electron chi connectivity index (χ1n) is 8.62. The molecular formula is C20H32O2. The van der Waals surface area contributed by atoms with Crippen LogP contribution in [0.5, 0.6) is 0 Å². The Morgan fingerprint density at radius 1 is 0.864 bits per heavy atom. The molecule has 0 fully saturated rings. The van der Waals surface area contributed by atoms with Crippen LogP contribution < -0.4 is 0 Å². The highest BCUT2D eigenvalue weighted by atomic mass is 16.5. The van der Waals surface area contributed by atoms with Crippen LogP contribution in [0, 0.1) is 0 Å². The van der Waals surface area contributed by atoms with E-state index < -0.39 is 5.97 Å². The Labute approximate surface area is 136 Å². The van der Waals surface area contributed by atoms with Crippen molar-refractivity contribution in [2.45, 2.75) is 71.1 Å². The smallest absolute Gasteiger partial charge is 0.335 e. The highest BCUT2D eigenvalue weighted by Gasteiger charge is 1.91. The highest BCUT2D eigenvalue weighted by Crippen LogP contribution is 2.10. The molecule has 0 N–H and O–H groups in total. The Kier molecular flexibility index (Phi) is 16.2. The summed E-state index contributed by atoms with van der Waals surface area (Å²) in [5.41, 5.74) is 0. The van der Waals surface area contributed by atoms with Crippen molar-refractivity contribution in [1.82, 2.24) is 0 Å². The Hall–Kier alpha value is -1.57. The fourth-order valence-corrected chi connectivity index (χ4v) is 2.13. The fraction of sp³-hybridized carbons (Fsp3) is 0.550. The number of hydrogen-bond acceptors (Lipinski definition) is 2. The molecular weight excluding hydrogens is 272 g/mol. The molecule has 0 bridgehead atoms. The van der Waals surface area contributed by atoms with Crippen LogP contribution in [0.25, 0.3) is 0 Å². The molecule has 0 aliphatic rings. The third-order valence-corrected chi connectivity index (χ3v) is 3.38. The first-order valence-corrected chi connectivity index (χ1v) is 8.62. The molecule has 22 heavy (non-hydrogen) atoms. The minimum atomic E-state index is -0.404. The molecule has 0 saturated carbocycles. The van der Waals surface area contributed by atoms with Crippen molar-refractivity contribution in [3.63, 3.8) is 0 Å². The molecule has 0 rings (SSSR count). The molecule has 0 atom stereocenters. The van der Waals surface area contributed by atoms with Gasteiger partial charge < -0.3 is 4.74 Å². The SMILES string of the molecule is C=COC(=O)/C=C/C=C/C=C/CCCCCCCCCCC. The quantitative estimate of drug-likeness (QED) is 0.124. The zero-order valence-electron chi connectivity index (χ0n) is 14.1. The number of esters is 1. The number of allylic oxidation sites excluding steroid dienone is 5. The molecule has 0 aromatic carbocycles. The van der Waals surface area contributed by atoms with E-state index in [0.29, 0.717) is 0 Å². The minimum Gasteiger partial charge on any atom is -0.432 e. The third kappa shape index (κ3) is 16.5. The Bertz CT molecular complexity index is 351. The van der Waals surface area contributed by atoms with Gasteiger partial charge in [-0.2, -0.15) is 0 Å². The molecule has 2 heteroatoms. The van der Waals surface area contributed by atoms with E-state index in [-0.39, 0.29) is 0 Å². The third-order valence-electron chi connectivity index (χ3n) is 3.38. The van der Waals surface area contributed by atoms with Crippen molar-refractivity contribution in [2.24, 2.45) is 0 Å². The molecule has 0 unspecified atom stereocenters. The monoisotopic (exact) mass is 304 g/mol. The van der Waals surface area contributed by atoms with Gasteiger partial charge in [-0.05, 0) is 12.8 Å². The number of ether oxygens (including phenoxy) is 1. The van der Waals surface area contributed by atoms with E-state index in [1.165, 1.54) is 63.9 Å². The molecule has 0 amide bonds. The zero-order chi connectivity index (χ0) is 16.3. The molecule has 0 aliphatic carbocycles. The van der Waals surface area contributed by atoms with Crippen LogP contribution in [0.15, 0.2) is 49.3 Å². The molecule has 0 radical (unpaired) electrons. The summed E-state index contributed by atoms with van der Waals surface area (Å²) in [4.78, 5) is 10.9. The minimum absolute atomic E-state index is 0.404. The van der Waals surface area contributed by atoms with Gasteiger partial charge in [0.2, 0.25) is 0 Å². The lowest BCUT2D eigenvalue weighted by atomic mass is 10.1. The molecule has 2 nitrogen and oxygen atoms in total. The summed E-state index contributed by atoms with van der Waals surface area (Å²) in [7, 11) is 0. The van der Waals surface area contributed by atoms with Crippen molar-refractivity contribution in [3.8, 4) is 0 Å². The standard InChI is InChI=1S/C20H32O2/c1-3-5-6-7-8-9-10-11-12-13-14-15-16-17-18-19-20(21)22-4-2/h4,14-19H,2-3,5-13H2,1H3/b15-14+,17-16+,19-18+. The summed E-state index contributed by atoms with van der Waals surface area (Å²) in [5, 5.41) is 0. The topological polar surface area (TPSA) is 26.3 Å². The summed E-state index contributed by atoms with van der Waals surface area (Å²) in [6.45, 7) is 5.58. The van der Waals surface area contributed by atoms with Crippen LogP contribution in [0.4, 0.5) is 0 Å². The summed E-state index contributed by atoms with van der Waals surface area (Å²) < 4.78 is 4.55. The summed E-state index contributed by atoms with van der Waals surface area (Å²) in [6.07, 6.45) is 25.5. The Morgan fingerprint density at radius 3 is 2.09 bits per heavy atom. The Morgan fingerprint density at radius 2 is 1.45 bits per heavy atom. The van der Waals surface area contributed by atoms with Gasteiger partial charge in [-0.25, -0.2) is 4.79 Å². The van der Waals surface area contributed by atoms with Gasteiger partial charge in [0, 0.05) is 6.08 Å². The van der Waals surface area contributed by atoms with Crippen LogP contribution in [-0.2, 0) is 9.53 Å². The number of hydrogen-bond donors (Lipinski definition) is 0. The van der Waals surface area contributed by atoms with Crippen molar-refractivity contribution in [2.75, 3.05) is 0 Å². The second kappa shape index (κ2) is 17.5. The maximum Gasteiger partial charge on any atom is 0.335 e. The van der Waals surface area contributed by atoms with E-state index in [1.54, 1.807) is 6.08 Å². The normalized spacial score (nSPS) is 11.7. The lowest BCUT2D eigenvalue weighted by Crippen LogP contribution is -1.91. The highest BCUT2D eigenvalue weighted by molar-refractivity contribution is 5.82. The fourth-order valence-electron chi connectivity index (χ4n) is 2.13. The Balaban J connectivity index is 3.37. The van der Waals surface area contributed by atoms with Crippen LogP contribution >= 0.6 is 0 Å². The molecule has 0 spiro atoms. The summed E-state index contributed by atoms with van der Waals surface area (Å²) in [6, 6.07) is 0. The van der Waals surface area contributed by atoms with E-state index in [2.05, 4.69) is 24.3 Å². The average Bonchev–Trinajstić information content (AvgIpc) is 2.51. The summed E-state index contributed by atoms with van der Waals surface area (Å²) in [5.74, 6) is -0.404. The number of carbonyl (C=O) groups is 1. The van der Waals surface area contributed by atoms with Crippen LogP contribution in [0.2, 0.25) is 0 Å². The zero-order valence-corrected chi connectivity index (χ0v) is 14.1. The van der Waals surface area contributed by atoms with Crippen molar-refractivity contribution >= 4 is 5.97 Å². The predicted molar refractivity (Wildman–Crippen MR) is 95.6 cm³/mol. The van der Waals surface area contributed by atoms with Gasteiger partial charge in [0.1, 0.15) is 0 Å². The number of unbranched alkanes of at least 4 members (excludes halogenated alkanes) is 9. The van der Waals surface area contributed by atoms with Crippen molar-refractivity contribution in [3.05, 3.63) is 49.3 Å². The first kappa shape index (κ1) is 20.4. The van der Waals surface area contributed by atoms with Crippen LogP contribution in [-0.4, -0.2) is 5.97 Å². The van der Waals surface area contributed by atoms with Gasteiger partial charge >= 0.3 is 5.97 Å². The van der Waals surface area contributed by atoms with Crippen LogP contribution in [0.1, 0.15) is 71.1 Å². The summed E-state index contributed by atoms with van der Waals surface area (Å²) >= 11 is 0. The number of carbonyl (C=O) groups excluding carboxylic acids is 1. The molecule has 0 aromatic rings. The van der Waals surface area contributed by atoms with E-state index in [1.807, 2.05) is 18.2 Å². The predicted octanol–water partition coefficient (Wildman–Crippen LogP) is 6.26. The number of rotatable bonds is 14. The van der Waals surface area contributed by atoms with E-state index >= 15 is 0 Å².